The van der Waals surface area contributed by atoms with Gasteiger partial charge in [0.15, 0.2) is 0 Å². The van der Waals surface area contributed by atoms with Crippen LogP contribution in [0.5, 0.6) is 5.75 Å². The first-order valence-corrected chi connectivity index (χ1v) is 7.55. The van der Waals surface area contributed by atoms with Gasteiger partial charge in [0.25, 0.3) is 0 Å². The fourth-order valence-electron chi connectivity index (χ4n) is 2.69. The molecule has 1 aromatic heterocycles. The number of halogens is 1. The summed E-state index contributed by atoms with van der Waals surface area (Å²) in [5.74, 6) is 2.76. The molecule has 1 fully saturated rings. The number of benzene rings is 1. The predicted molar refractivity (Wildman–Crippen MR) is 81.2 cm³/mol. The van der Waals surface area contributed by atoms with Gasteiger partial charge in [0.2, 0.25) is 0 Å². The second kappa shape index (κ2) is 6.04. The molecule has 5 nitrogen and oxygen atoms in total. The van der Waals surface area contributed by atoms with Crippen LogP contribution in [0, 0.1) is 5.82 Å². The second-order valence-electron chi connectivity index (χ2n) is 5.77. The third kappa shape index (κ3) is 2.83. The summed E-state index contributed by atoms with van der Waals surface area (Å²) in [5, 5.41) is 11.8. The molecule has 118 valence electrons. The number of rotatable bonds is 6. The van der Waals surface area contributed by atoms with Crippen LogP contribution >= 0.6 is 0 Å². The minimum Gasteiger partial charge on any atom is -0.496 e. The van der Waals surface area contributed by atoms with E-state index < -0.39 is 0 Å². The van der Waals surface area contributed by atoms with Crippen LogP contribution in [0.4, 0.5) is 4.39 Å². The molecule has 1 aliphatic carbocycles. The van der Waals surface area contributed by atoms with Crippen molar-refractivity contribution in [3.63, 3.8) is 0 Å². The normalized spacial score (nSPS) is 15.8. The van der Waals surface area contributed by atoms with Gasteiger partial charge in [-0.1, -0.05) is 6.07 Å². The van der Waals surface area contributed by atoms with Crippen LogP contribution in [0.2, 0.25) is 0 Å². The van der Waals surface area contributed by atoms with Gasteiger partial charge in [-0.15, -0.1) is 10.2 Å². The summed E-state index contributed by atoms with van der Waals surface area (Å²) in [6.45, 7) is 2.45. The van der Waals surface area contributed by atoms with Gasteiger partial charge in [-0.05, 0) is 31.9 Å². The van der Waals surface area contributed by atoms with E-state index in [9.17, 15) is 4.39 Å². The Labute approximate surface area is 129 Å². The average molecular weight is 304 g/mol. The molecule has 1 unspecified atom stereocenters. The lowest BCUT2D eigenvalue weighted by Crippen LogP contribution is -2.22. The third-order valence-corrected chi connectivity index (χ3v) is 4.17. The molecule has 0 saturated heterocycles. The maximum Gasteiger partial charge on any atom is 0.146 e. The van der Waals surface area contributed by atoms with Gasteiger partial charge in [0.1, 0.15) is 23.2 Å². The molecular formula is C16H21FN4O. The number of nitrogens with zero attached hydrogens (tertiary/aromatic N) is 3. The molecule has 1 aromatic carbocycles. The van der Waals surface area contributed by atoms with Crippen LogP contribution in [0.25, 0.3) is 0 Å². The molecule has 0 amide bonds. The van der Waals surface area contributed by atoms with Crippen molar-refractivity contribution in [3.05, 3.63) is 41.2 Å². The topological polar surface area (TPSA) is 52.0 Å². The van der Waals surface area contributed by atoms with Crippen molar-refractivity contribution in [3.8, 4) is 5.75 Å². The third-order valence-electron chi connectivity index (χ3n) is 4.17. The summed E-state index contributed by atoms with van der Waals surface area (Å²) < 4.78 is 21.3. The van der Waals surface area contributed by atoms with Gasteiger partial charge in [-0.3, -0.25) is 0 Å². The fraction of sp³-hybridized carbons (Fsp3) is 0.500. The van der Waals surface area contributed by atoms with Crippen LogP contribution in [-0.4, -0.2) is 21.9 Å². The minimum atomic E-state index is -0.268. The number of aromatic nitrogens is 3. The summed E-state index contributed by atoms with van der Waals surface area (Å²) >= 11 is 0. The Morgan fingerprint density at radius 1 is 1.41 bits per heavy atom. The summed E-state index contributed by atoms with van der Waals surface area (Å²) in [6, 6.07) is 4.68. The fourth-order valence-corrected chi connectivity index (χ4v) is 2.69. The Kier molecular flexibility index (Phi) is 4.11. The van der Waals surface area contributed by atoms with E-state index in [1.54, 1.807) is 19.2 Å². The first-order chi connectivity index (χ1) is 10.6. The monoisotopic (exact) mass is 304 g/mol. The van der Waals surface area contributed by atoms with Crippen molar-refractivity contribution in [2.24, 2.45) is 7.05 Å². The zero-order valence-electron chi connectivity index (χ0n) is 13.1. The van der Waals surface area contributed by atoms with Crippen molar-refractivity contribution >= 4 is 0 Å². The maximum absolute atomic E-state index is 14.1. The zero-order chi connectivity index (χ0) is 15.7. The Hall–Kier alpha value is -1.95. The van der Waals surface area contributed by atoms with E-state index in [2.05, 4.69) is 15.5 Å². The molecule has 0 bridgehead atoms. The first kappa shape index (κ1) is 15.0. The van der Waals surface area contributed by atoms with E-state index in [1.165, 1.54) is 18.9 Å². The highest BCUT2D eigenvalue weighted by Gasteiger charge is 2.29. The quantitative estimate of drug-likeness (QED) is 0.891. The van der Waals surface area contributed by atoms with E-state index >= 15 is 0 Å². The Morgan fingerprint density at radius 2 is 2.18 bits per heavy atom. The Morgan fingerprint density at radius 3 is 2.86 bits per heavy atom. The highest BCUT2D eigenvalue weighted by atomic mass is 19.1. The highest BCUT2D eigenvalue weighted by Crippen LogP contribution is 2.38. The molecule has 1 heterocycles. The zero-order valence-corrected chi connectivity index (χ0v) is 13.1. The van der Waals surface area contributed by atoms with E-state index in [1.807, 2.05) is 18.5 Å². The molecule has 2 aromatic rings. The number of hydrogen-bond donors (Lipinski definition) is 1. The van der Waals surface area contributed by atoms with E-state index in [-0.39, 0.29) is 11.9 Å². The lowest BCUT2D eigenvalue weighted by molar-refractivity contribution is 0.392. The predicted octanol–water partition coefficient (Wildman–Crippen LogP) is 2.69. The van der Waals surface area contributed by atoms with Gasteiger partial charge in [0.05, 0.1) is 13.7 Å². The van der Waals surface area contributed by atoms with Gasteiger partial charge in [-0.2, -0.15) is 0 Å². The van der Waals surface area contributed by atoms with Gasteiger partial charge < -0.3 is 14.6 Å². The molecule has 22 heavy (non-hydrogen) atoms. The van der Waals surface area contributed by atoms with E-state index in [0.29, 0.717) is 23.8 Å². The lowest BCUT2D eigenvalue weighted by Gasteiger charge is -2.17. The van der Waals surface area contributed by atoms with Crippen molar-refractivity contribution in [1.82, 2.24) is 20.1 Å². The van der Waals surface area contributed by atoms with Crippen molar-refractivity contribution in [2.45, 2.75) is 38.3 Å². The number of ether oxygens (including phenoxy) is 1. The van der Waals surface area contributed by atoms with E-state index in [4.69, 9.17) is 4.74 Å². The lowest BCUT2D eigenvalue weighted by atomic mass is 10.1. The van der Waals surface area contributed by atoms with Crippen molar-refractivity contribution in [2.75, 3.05) is 7.11 Å². The Balaban J connectivity index is 1.71. The molecular weight excluding hydrogens is 283 g/mol. The first-order valence-electron chi connectivity index (χ1n) is 7.55. The molecule has 1 atom stereocenters. The molecule has 1 aliphatic rings. The molecule has 1 saturated carbocycles. The Bertz CT molecular complexity index is 666. The standard InChI is InChI=1S/C16H21FN4O/c1-10(15-12(17)5-4-6-13(15)22-3)18-9-14-19-20-16(21(14)2)11-7-8-11/h4-6,10-11,18H,7-9H2,1-3H3. The van der Waals surface area contributed by atoms with Crippen molar-refractivity contribution < 1.29 is 9.13 Å². The van der Waals surface area contributed by atoms with Gasteiger partial charge in [0, 0.05) is 24.6 Å². The maximum atomic E-state index is 14.1. The summed E-state index contributed by atoms with van der Waals surface area (Å²) in [4.78, 5) is 0. The highest BCUT2D eigenvalue weighted by molar-refractivity contribution is 5.36. The smallest absolute Gasteiger partial charge is 0.146 e. The average Bonchev–Trinajstić information content (AvgIpc) is 3.28. The molecule has 0 spiro atoms. The number of nitrogens with one attached hydrogen (secondary N) is 1. The molecule has 0 aliphatic heterocycles. The summed E-state index contributed by atoms with van der Waals surface area (Å²) in [7, 11) is 3.54. The van der Waals surface area contributed by atoms with Crippen LogP contribution in [-0.2, 0) is 13.6 Å². The van der Waals surface area contributed by atoms with Gasteiger partial charge >= 0.3 is 0 Å². The van der Waals surface area contributed by atoms with Crippen molar-refractivity contribution in [1.29, 1.82) is 0 Å². The molecule has 1 N–H and O–H groups in total. The van der Waals surface area contributed by atoms with Crippen LogP contribution in [0.15, 0.2) is 18.2 Å². The number of methoxy groups -OCH3 is 1. The molecule has 6 heteroatoms. The molecule has 0 radical (unpaired) electrons. The number of hydrogen-bond acceptors (Lipinski definition) is 4. The van der Waals surface area contributed by atoms with Crippen LogP contribution < -0.4 is 10.1 Å². The van der Waals surface area contributed by atoms with Gasteiger partial charge in [-0.25, -0.2) is 4.39 Å². The van der Waals surface area contributed by atoms with Crippen LogP contribution in [0.3, 0.4) is 0 Å². The summed E-state index contributed by atoms with van der Waals surface area (Å²) in [5.41, 5.74) is 0.537. The van der Waals surface area contributed by atoms with Crippen LogP contribution in [0.1, 0.15) is 48.9 Å². The SMILES string of the molecule is COc1cccc(F)c1C(C)NCc1nnc(C2CC2)n1C. The minimum absolute atomic E-state index is 0.183. The largest absolute Gasteiger partial charge is 0.496 e. The second-order valence-corrected chi connectivity index (χ2v) is 5.77. The summed E-state index contributed by atoms with van der Waals surface area (Å²) in [6.07, 6.45) is 2.39. The molecule has 3 rings (SSSR count). The van der Waals surface area contributed by atoms with E-state index in [0.717, 1.165) is 11.6 Å².